The minimum absolute atomic E-state index is 0.323. The van der Waals surface area contributed by atoms with Crippen molar-refractivity contribution in [3.05, 3.63) is 21.9 Å². The van der Waals surface area contributed by atoms with E-state index in [2.05, 4.69) is 63.2 Å². The highest BCUT2D eigenvalue weighted by molar-refractivity contribution is 7.10. The highest BCUT2D eigenvalue weighted by atomic mass is 32.1. The molecule has 0 amide bonds. The number of aryl methyl sites for hydroxylation is 1. The zero-order valence-corrected chi connectivity index (χ0v) is 15.4. The summed E-state index contributed by atoms with van der Waals surface area (Å²) in [6.07, 6.45) is 1.15. The molecule has 1 N–H and O–H groups in total. The van der Waals surface area contributed by atoms with Gasteiger partial charge < -0.3 is 5.32 Å². The molecule has 2 atom stereocenters. The minimum Gasteiger partial charge on any atom is -0.311 e. The summed E-state index contributed by atoms with van der Waals surface area (Å²) in [7, 11) is 0. The van der Waals surface area contributed by atoms with E-state index in [1.807, 2.05) is 11.3 Å². The molecule has 2 rings (SSSR count). The van der Waals surface area contributed by atoms with Crippen LogP contribution < -0.4 is 5.32 Å². The molecule has 1 aromatic rings. The first-order valence-corrected chi connectivity index (χ1v) is 9.23. The molecule has 0 aliphatic carbocycles. The minimum atomic E-state index is 0.323. The lowest BCUT2D eigenvalue weighted by atomic mass is 9.83. The van der Waals surface area contributed by atoms with Crippen molar-refractivity contribution in [2.75, 3.05) is 13.1 Å². The number of rotatable bonds is 4. The highest BCUT2D eigenvalue weighted by Gasteiger charge is 2.35. The fraction of sp³-hybridized carbons (Fsp3) is 0.778. The third kappa shape index (κ3) is 4.08. The van der Waals surface area contributed by atoms with Gasteiger partial charge in [0.2, 0.25) is 0 Å². The monoisotopic (exact) mass is 308 g/mol. The number of piperazine rings is 1. The first kappa shape index (κ1) is 17.0. The van der Waals surface area contributed by atoms with Gasteiger partial charge in [0.1, 0.15) is 0 Å². The zero-order valence-electron chi connectivity index (χ0n) is 14.6. The first-order valence-electron chi connectivity index (χ1n) is 8.35. The fourth-order valence-corrected chi connectivity index (χ4v) is 4.25. The van der Waals surface area contributed by atoms with Gasteiger partial charge in [-0.3, -0.25) is 4.90 Å². The van der Waals surface area contributed by atoms with E-state index < -0.39 is 0 Å². The van der Waals surface area contributed by atoms with Crippen LogP contribution in [-0.2, 0) is 13.0 Å². The van der Waals surface area contributed by atoms with E-state index in [-0.39, 0.29) is 0 Å². The van der Waals surface area contributed by atoms with Crippen LogP contribution in [0.3, 0.4) is 0 Å². The number of nitrogens with one attached hydrogen (secondary N) is 1. The smallest absolute Gasteiger partial charge is 0.0334 e. The van der Waals surface area contributed by atoms with Crippen LogP contribution in [0.5, 0.6) is 0 Å². The normalized spacial score (nSPS) is 24.7. The van der Waals surface area contributed by atoms with Crippen molar-refractivity contribution in [2.24, 2.45) is 11.3 Å². The van der Waals surface area contributed by atoms with Crippen molar-refractivity contribution in [1.29, 1.82) is 0 Å². The molecule has 0 radical (unpaired) electrons. The van der Waals surface area contributed by atoms with Crippen molar-refractivity contribution in [3.63, 3.8) is 0 Å². The quantitative estimate of drug-likeness (QED) is 0.898. The molecule has 3 heteroatoms. The Hall–Kier alpha value is -0.380. The van der Waals surface area contributed by atoms with Gasteiger partial charge in [-0.2, -0.15) is 0 Å². The Labute approximate surface area is 134 Å². The summed E-state index contributed by atoms with van der Waals surface area (Å²) in [5.74, 6) is 0.698. The van der Waals surface area contributed by atoms with Crippen LogP contribution in [-0.4, -0.2) is 30.1 Å². The van der Waals surface area contributed by atoms with Gasteiger partial charge in [-0.1, -0.05) is 41.5 Å². The van der Waals surface area contributed by atoms with Crippen LogP contribution in [0.25, 0.3) is 0 Å². The maximum absolute atomic E-state index is 3.79. The van der Waals surface area contributed by atoms with Crippen molar-refractivity contribution in [3.8, 4) is 0 Å². The summed E-state index contributed by atoms with van der Waals surface area (Å²) >= 11 is 1.93. The van der Waals surface area contributed by atoms with Gasteiger partial charge in [0, 0.05) is 36.6 Å². The molecular weight excluding hydrogens is 276 g/mol. The summed E-state index contributed by atoms with van der Waals surface area (Å²) < 4.78 is 0. The van der Waals surface area contributed by atoms with Crippen LogP contribution in [0, 0.1) is 11.3 Å². The molecule has 0 aromatic carbocycles. The topological polar surface area (TPSA) is 15.3 Å². The summed E-state index contributed by atoms with van der Waals surface area (Å²) in [5, 5.41) is 6.04. The van der Waals surface area contributed by atoms with E-state index in [0.717, 1.165) is 26.1 Å². The number of nitrogens with zero attached hydrogens (tertiary/aromatic N) is 1. The molecule has 1 aliphatic rings. The maximum atomic E-state index is 3.79. The molecule has 1 saturated heterocycles. The van der Waals surface area contributed by atoms with Gasteiger partial charge in [-0.15, -0.1) is 11.3 Å². The number of hydrogen-bond donors (Lipinski definition) is 1. The largest absolute Gasteiger partial charge is 0.311 e. The van der Waals surface area contributed by atoms with E-state index in [4.69, 9.17) is 0 Å². The molecule has 1 aromatic heterocycles. The fourth-order valence-electron chi connectivity index (χ4n) is 3.25. The molecule has 21 heavy (non-hydrogen) atoms. The molecule has 0 bridgehead atoms. The molecule has 120 valence electrons. The summed E-state index contributed by atoms with van der Waals surface area (Å²) in [5.41, 5.74) is 1.86. The lowest BCUT2D eigenvalue weighted by molar-refractivity contribution is 0.0578. The van der Waals surface area contributed by atoms with Crippen LogP contribution in [0.2, 0.25) is 0 Å². The van der Waals surface area contributed by atoms with Gasteiger partial charge in [0.25, 0.3) is 0 Å². The lowest BCUT2D eigenvalue weighted by Crippen LogP contribution is -2.61. The number of thiophene rings is 1. The molecule has 2 nitrogen and oxygen atoms in total. The van der Waals surface area contributed by atoms with E-state index >= 15 is 0 Å². The van der Waals surface area contributed by atoms with Crippen LogP contribution in [0.15, 0.2) is 11.4 Å². The van der Waals surface area contributed by atoms with Crippen molar-refractivity contribution >= 4 is 11.3 Å². The van der Waals surface area contributed by atoms with Crippen LogP contribution in [0.1, 0.15) is 52.0 Å². The van der Waals surface area contributed by atoms with E-state index in [1.165, 1.54) is 5.56 Å². The summed E-state index contributed by atoms with van der Waals surface area (Å²) in [4.78, 5) is 4.29. The van der Waals surface area contributed by atoms with Gasteiger partial charge in [0.05, 0.1) is 0 Å². The predicted molar refractivity (Wildman–Crippen MR) is 94.0 cm³/mol. The Kier molecular flexibility index (Phi) is 5.50. The molecule has 2 heterocycles. The van der Waals surface area contributed by atoms with E-state index in [1.54, 1.807) is 4.88 Å². The SMILES string of the molecule is CCc1ccsc1CN1CC(C(C)(C)C)NCC1C(C)C. The number of hydrogen-bond acceptors (Lipinski definition) is 3. The van der Waals surface area contributed by atoms with E-state index in [9.17, 15) is 0 Å². The highest BCUT2D eigenvalue weighted by Crippen LogP contribution is 2.28. The standard InChI is InChI=1S/C18H32N2S/c1-7-14-8-9-21-16(14)11-20-12-17(18(4,5)6)19-10-15(20)13(2)3/h8-9,13,15,17,19H,7,10-12H2,1-6H3. The first-order chi connectivity index (χ1) is 9.82. The Morgan fingerprint density at radius 3 is 2.67 bits per heavy atom. The molecule has 0 saturated carbocycles. The maximum Gasteiger partial charge on any atom is 0.0334 e. The van der Waals surface area contributed by atoms with Gasteiger partial charge in [0.15, 0.2) is 0 Å². The van der Waals surface area contributed by atoms with Gasteiger partial charge in [-0.05, 0) is 34.8 Å². The molecule has 2 unspecified atom stereocenters. The Balaban J connectivity index is 2.14. The molecule has 1 aliphatic heterocycles. The second-order valence-electron chi connectivity index (χ2n) is 7.79. The Morgan fingerprint density at radius 2 is 2.10 bits per heavy atom. The second-order valence-corrected chi connectivity index (χ2v) is 8.79. The zero-order chi connectivity index (χ0) is 15.6. The Bertz CT molecular complexity index is 444. The average Bonchev–Trinajstić information content (AvgIpc) is 2.84. The summed E-state index contributed by atoms with van der Waals surface area (Å²) in [6, 6.07) is 3.53. The molecule has 1 fully saturated rings. The van der Waals surface area contributed by atoms with Gasteiger partial charge >= 0.3 is 0 Å². The molecular formula is C18H32N2S. The van der Waals surface area contributed by atoms with Crippen LogP contribution >= 0.6 is 11.3 Å². The third-order valence-corrected chi connectivity index (χ3v) is 5.79. The predicted octanol–water partition coefficient (Wildman–Crippen LogP) is 4.16. The lowest BCUT2D eigenvalue weighted by Gasteiger charge is -2.46. The van der Waals surface area contributed by atoms with Crippen molar-refractivity contribution in [2.45, 2.75) is 66.6 Å². The average molecular weight is 309 g/mol. The summed E-state index contributed by atoms with van der Waals surface area (Å²) in [6.45, 7) is 17.4. The Morgan fingerprint density at radius 1 is 1.38 bits per heavy atom. The van der Waals surface area contributed by atoms with Crippen LogP contribution in [0.4, 0.5) is 0 Å². The second kappa shape index (κ2) is 6.80. The van der Waals surface area contributed by atoms with Crippen molar-refractivity contribution in [1.82, 2.24) is 10.2 Å². The molecule has 0 spiro atoms. The van der Waals surface area contributed by atoms with Crippen molar-refractivity contribution < 1.29 is 0 Å². The van der Waals surface area contributed by atoms with E-state index in [0.29, 0.717) is 23.4 Å². The third-order valence-electron chi connectivity index (χ3n) is 4.84. The van der Waals surface area contributed by atoms with Gasteiger partial charge in [-0.25, -0.2) is 0 Å².